The summed E-state index contributed by atoms with van der Waals surface area (Å²) in [6.45, 7) is 2.27. The number of aromatic nitrogens is 2. The first-order valence-corrected chi connectivity index (χ1v) is 8.00. The zero-order valence-electron chi connectivity index (χ0n) is 14.2. The molecule has 25 heavy (non-hydrogen) atoms. The maximum Gasteiger partial charge on any atom is 0.242 e. The molecule has 0 bridgehead atoms. The first-order valence-electron chi connectivity index (χ1n) is 8.00. The topological polar surface area (TPSA) is 102 Å². The van der Waals surface area contributed by atoms with E-state index < -0.39 is 0 Å². The number of benzene rings is 1. The highest BCUT2D eigenvalue weighted by atomic mass is 16.5. The Hall–Kier alpha value is -3.03. The van der Waals surface area contributed by atoms with Gasteiger partial charge in [-0.2, -0.15) is 5.10 Å². The van der Waals surface area contributed by atoms with E-state index in [-0.39, 0.29) is 30.8 Å². The molecular weight excluding hydrogens is 322 g/mol. The van der Waals surface area contributed by atoms with Gasteiger partial charge in [0, 0.05) is 30.8 Å². The molecule has 0 spiro atoms. The smallest absolute Gasteiger partial charge is 0.242 e. The van der Waals surface area contributed by atoms with Crippen LogP contribution in [-0.2, 0) is 16.1 Å². The van der Waals surface area contributed by atoms with Crippen molar-refractivity contribution in [2.45, 2.75) is 25.9 Å². The van der Waals surface area contributed by atoms with E-state index in [1.165, 1.54) is 4.68 Å². The minimum atomic E-state index is -0.246. The molecule has 1 aromatic carbocycles. The molecule has 0 saturated carbocycles. The fourth-order valence-corrected chi connectivity index (χ4v) is 2.93. The second-order valence-corrected chi connectivity index (χ2v) is 6.04. The molecule has 0 unspecified atom stereocenters. The number of methoxy groups -OCH3 is 1. The number of hydrogen-bond acceptors (Lipinski definition) is 5. The minimum Gasteiger partial charge on any atom is -0.497 e. The average Bonchev–Trinajstić information content (AvgIpc) is 3.09. The molecule has 1 aromatic heterocycles. The second kappa shape index (κ2) is 6.84. The third-order valence-electron chi connectivity index (χ3n) is 4.08. The van der Waals surface area contributed by atoms with E-state index in [2.05, 4.69) is 10.4 Å². The number of nitrogen functional groups attached to an aromatic ring is 1. The summed E-state index contributed by atoms with van der Waals surface area (Å²) in [5, 5.41) is 7.03. The van der Waals surface area contributed by atoms with Crippen LogP contribution in [0.4, 0.5) is 11.5 Å². The summed E-state index contributed by atoms with van der Waals surface area (Å²) in [5.74, 6) is 0.864. The van der Waals surface area contributed by atoms with Gasteiger partial charge in [0.15, 0.2) is 0 Å². The SMILES string of the molecule is COc1cccc(N2C[C@H](NC(=O)Cn3nc(C)cc3N)CC2=O)c1. The largest absolute Gasteiger partial charge is 0.497 e. The molecule has 2 heterocycles. The number of aryl methyl sites for hydroxylation is 1. The van der Waals surface area contributed by atoms with Crippen molar-refractivity contribution in [1.82, 2.24) is 15.1 Å². The molecule has 2 aromatic rings. The van der Waals surface area contributed by atoms with E-state index in [0.717, 1.165) is 11.4 Å². The Morgan fingerprint density at radius 2 is 2.24 bits per heavy atom. The summed E-state index contributed by atoms with van der Waals surface area (Å²) >= 11 is 0. The Kier molecular flexibility index (Phi) is 4.60. The van der Waals surface area contributed by atoms with Gasteiger partial charge in [0.2, 0.25) is 11.8 Å². The number of carbonyl (C=O) groups is 2. The second-order valence-electron chi connectivity index (χ2n) is 6.04. The van der Waals surface area contributed by atoms with Gasteiger partial charge in [-0.1, -0.05) is 6.07 Å². The summed E-state index contributed by atoms with van der Waals surface area (Å²) in [4.78, 5) is 26.1. The highest BCUT2D eigenvalue weighted by molar-refractivity contribution is 5.97. The standard InChI is InChI=1S/C17H21N5O3/c1-11-6-15(18)22(20-11)10-16(23)19-12-7-17(24)21(9-12)13-4-3-5-14(8-13)25-2/h3-6,8,12H,7,9-10,18H2,1-2H3,(H,19,23)/t12-/m1/s1. The Morgan fingerprint density at radius 3 is 2.92 bits per heavy atom. The predicted molar refractivity (Wildman–Crippen MR) is 93.3 cm³/mol. The molecule has 3 N–H and O–H groups in total. The molecule has 3 rings (SSSR count). The summed E-state index contributed by atoms with van der Waals surface area (Å²) in [6.07, 6.45) is 0.260. The minimum absolute atomic E-state index is 0.0313. The third-order valence-corrected chi connectivity index (χ3v) is 4.08. The molecule has 0 aliphatic carbocycles. The lowest BCUT2D eigenvalue weighted by atomic mass is 10.2. The van der Waals surface area contributed by atoms with E-state index in [1.54, 1.807) is 24.1 Å². The number of nitrogens with two attached hydrogens (primary N) is 1. The number of amides is 2. The van der Waals surface area contributed by atoms with Crippen molar-refractivity contribution < 1.29 is 14.3 Å². The number of hydrogen-bond donors (Lipinski definition) is 2. The molecule has 8 heteroatoms. The Balaban J connectivity index is 1.62. The van der Waals surface area contributed by atoms with Crippen molar-refractivity contribution in [3.05, 3.63) is 36.0 Å². The highest BCUT2D eigenvalue weighted by Gasteiger charge is 2.31. The summed E-state index contributed by atoms with van der Waals surface area (Å²) in [6, 6.07) is 8.75. The van der Waals surface area contributed by atoms with Gasteiger partial charge in [-0.25, -0.2) is 4.68 Å². The molecular formula is C17H21N5O3. The van der Waals surface area contributed by atoms with Crippen LogP contribution >= 0.6 is 0 Å². The Morgan fingerprint density at radius 1 is 1.44 bits per heavy atom. The zero-order valence-corrected chi connectivity index (χ0v) is 14.2. The van der Waals surface area contributed by atoms with Crippen LogP contribution in [0.15, 0.2) is 30.3 Å². The van der Waals surface area contributed by atoms with Crippen molar-refractivity contribution in [2.24, 2.45) is 0 Å². The molecule has 8 nitrogen and oxygen atoms in total. The van der Waals surface area contributed by atoms with Gasteiger partial charge in [-0.3, -0.25) is 9.59 Å². The average molecular weight is 343 g/mol. The van der Waals surface area contributed by atoms with Crippen LogP contribution in [0.2, 0.25) is 0 Å². The Labute approximate surface area is 145 Å². The normalized spacial score (nSPS) is 17.0. The van der Waals surface area contributed by atoms with Crippen LogP contribution in [-0.4, -0.2) is 41.3 Å². The van der Waals surface area contributed by atoms with Gasteiger partial charge in [0.25, 0.3) is 0 Å². The summed E-state index contributed by atoms with van der Waals surface area (Å²) in [7, 11) is 1.58. The predicted octanol–water partition coefficient (Wildman–Crippen LogP) is 0.704. The van der Waals surface area contributed by atoms with Crippen LogP contribution in [0.1, 0.15) is 12.1 Å². The van der Waals surface area contributed by atoms with E-state index in [1.807, 2.05) is 25.1 Å². The molecule has 0 radical (unpaired) electrons. The fraction of sp³-hybridized carbons (Fsp3) is 0.353. The molecule has 1 atom stereocenters. The summed E-state index contributed by atoms with van der Waals surface area (Å²) in [5.41, 5.74) is 7.30. The number of anilines is 2. The van der Waals surface area contributed by atoms with Gasteiger partial charge in [0.05, 0.1) is 18.8 Å². The van der Waals surface area contributed by atoms with E-state index in [0.29, 0.717) is 18.1 Å². The lowest BCUT2D eigenvalue weighted by Crippen LogP contribution is -2.39. The van der Waals surface area contributed by atoms with Crippen molar-refractivity contribution >= 4 is 23.3 Å². The van der Waals surface area contributed by atoms with Gasteiger partial charge >= 0.3 is 0 Å². The molecule has 2 amide bonds. The first kappa shape index (κ1) is 16.8. The van der Waals surface area contributed by atoms with Gasteiger partial charge < -0.3 is 20.7 Å². The van der Waals surface area contributed by atoms with Gasteiger partial charge in [-0.05, 0) is 19.1 Å². The molecule has 1 fully saturated rings. The van der Waals surface area contributed by atoms with Crippen molar-refractivity contribution in [2.75, 3.05) is 24.3 Å². The number of nitrogens with zero attached hydrogens (tertiary/aromatic N) is 3. The van der Waals surface area contributed by atoms with E-state index in [9.17, 15) is 9.59 Å². The van der Waals surface area contributed by atoms with Crippen LogP contribution in [0, 0.1) is 6.92 Å². The highest BCUT2D eigenvalue weighted by Crippen LogP contribution is 2.25. The monoisotopic (exact) mass is 343 g/mol. The van der Waals surface area contributed by atoms with Crippen LogP contribution in [0.5, 0.6) is 5.75 Å². The first-order chi connectivity index (χ1) is 12.0. The van der Waals surface area contributed by atoms with Gasteiger partial charge in [-0.15, -0.1) is 0 Å². The van der Waals surface area contributed by atoms with Crippen molar-refractivity contribution in [1.29, 1.82) is 0 Å². The maximum absolute atomic E-state index is 12.3. The number of nitrogens with one attached hydrogen (secondary N) is 1. The Bertz CT molecular complexity index is 801. The molecule has 1 aliphatic heterocycles. The third kappa shape index (κ3) is 3.73. The van der Waals surface area contributed by atoms with Crippen LogP contribution in [0.3, 0.4) is 0 Å². The van der Waals surface area contributed by atoms with Crippen LogP contribution < -0.4 is 20.7 Å². The van der Waals surface area contributed by atoms with Crippen molar-refractivity contribution in [3.8, 4) is 5.75 Å². The summed E-state index contributed by atoms with van der Waals surface area (Å²) < 4.78 is 6.64. The van der Waals surface area contributed by atoms with E-state index >= 15 is 0 Å². The fourth-order valence-electron chi connectivity index (χ4n) is 2.93. The van der Waals surface area contributed by atoms with E-state index in [4.69, 9.17) is 10.5 Å². The quantitative estimate of drug-likeness (QED) is 0.832. The number of rotatable bonds is 5. The molecule has 1 aliphatic rings. The maximum atomic E-state index is 12.3. The molecule has 1 saturated heterocycles. The zero-order chi connectivity index (χ0) is 18.0. The lowest BCUT2D eigenvalue weighted by Gasteiger charge is -2.18. The lowest BCUT2D eigenvalue weighted by molar-refractivity contribution is -0.122. The number of carbonyl (C=O) groups excluding carboxylic acids is 2. The number of ether oxygens (including phenoxy) is 1. The van der Waals surface area contributed by atoms with Crippen molar-refractivity contribution in [3.63, 3.8) is 0 Å². The molecule has 132 valence electrons. The van der Waals surface area contributed by atoms with Gasteiger partial charge in [0.1, 0.15) is 18.1 Å². The van der Waals surface area contributed by atoms with Crippen LogP contribution in [0.25, 0.3) is 0 Å².